The van der Waals surface area contributed by atoms with E-state index in [4.69, 9.17) is 4.74 Å². The van der Waals surface area contributed by atoms with Crippen LogP contribution in [0.25, 0.3) is 0 Å². The van der Waals surface area contributed by atoms with Gasteiger partial charge in [-0.1, -0.05) is 6.92 Å². The van der Waals surface area contributed by atoms with E-state index in [2.05, 4.69) is 46.9 Å². The molecule has 2 nitrogen and oxygen atoms in total. The molecule has 14 heavy (non-hydrogen) atoms. The molecule has 1 rings (SSSR count). The summed E-state index contributed by atoms with van der Waals surface area (Å²) in [4.78, 5) is 0. The Morgan fingerprint density at radius 3 is 2.29 bits per heavy atom. The summed E-state index contributed by atoms with van der Waals surface area (Å²) >= 11 is 0. The maximum Gasteiger partial charge on any atom is 0.0787 e. The van der Waals surface area contributed by atoms with Crippen LogP contribution in [-0.4, -0.2) is 23.3 Å². The molecule has 1 saturated heterocycles. The minimum absolute atomic E-state index is 0.0224. The molecule has 0 bridgehead atoms. The predicted molar refractivity (Wildman–Crippen MR) is 60.5 cm³/mol. The van der Waals surface area contributed by atoms with Crippen LogP contribution in [0.5, 0.6) is 0 Å². The SMILES string of the molecule is CC[C@H](C)N[C@H]1CC(C)(C)OC1(C)C. The molecule has 1 aliphatic heterocycles. The van der Waals surface area contributed by atoms with Crippen LogP contribution in [0.15, 0.2) is 0 Å². The third-order valence-corrected chi connectivity index (χ3v) is 3.17. The number of ether oxygens (including phenoxy) is 1. The van der Waals surface area contributed by atoms with Crippen LogP contribution in [0.3, 0.4) is 0 Å². The van der Waals surface area contributed by atoms with Gasteiger partial charge in [0, 0.05) is 12.1 Å². The van der Waals surface area contributed by atoms with E-state index >= 15 is 0 Å². The number of hydrogen-bond acceptors (Lipinski definition) is 2. The quantitative estimate of drug-likeness (QED) is 0.754. The van der Waals surface area contributed by atoms with Crippen molar-refractivity contribution in [3.8, 4) is 0 Å². The summed E-state index contributed by atoms with van der Waals surface area (Å²) in [5, 5.41) is 3.65. The Bertz CT molecular complexity index is 198. The fraction of sp³-hybridized carbons (Fsp3) is 1.00. The van der Waals surface area contributed by atoms with Crippen LogP contribution in [0.2, 0.25) is 0 Å². The van der Waals surface area contributed by atoms with E-state index in [1.807, 2.05) is 0 Å². The molecule has 0 aromatic rings. The average molecular weight is 199 g/mol. The number of nitrogens with one attached hydrogen (secondary N) is 1. The smallest absolute Gasteiger partial charge is 0.0787 e. The van der Waals surface area contributed by atoms with Crippen LogP contribution in [0.1, 0.15) is 54.4 Å². The van der Waals surface area contributed by atoms with Gasteiger partial charge in [-0.25, -0.2) is 0 Å². The lowest BCUT2D eigenvalue weighted by atomic mass is 9.93. The minimum Gasteiger partial charge on any atom is -0.368 e. The monoisotopic (exact) mass is 199 g/mol. The minimum atomic E-state index is -0.0348. The van der Waals surface area contributed by atoms with Gasteiger partial charge < -0.3 is 10.1 Å². The summed E-state index contributed by atoms with van der Waals surface area (Å²) in [6.45, 7) is 13.2. The first-order valence-electron chi connectivity index (χ1n) is 5.73. The van der Waals surface area contributed by atoms with Gasteiger partial charge in [0.15, 0.2) is 0 Å². The summed E-state index contributed by atoms with van der Waals surface area (Å²) in [7, 11) is 0. The van der Waals surface area contributed by atoms with Crippen molar-refractivity contribution in [2.75, 3.05) is 0 Å². The summed E-state index contributed by atoms with van der Waals surface area (Å²) < 4.78 is 6.03. The van der Waals surface area contributed by atoms with Gasteiger partial charge in [-0.05, 0) is 47.5 Å². The fourth-order valence-corrected chi connectivity index (χ4v) is 2.28. The third-order valence-electron chi connectivity index (χ3n) is 3.17. The molecule has 0 radical (unpaired) electrons. The first-order chi connectivity index (χ1) is 6.27. The van der Waals surface area contributed by atoms with Gasteiger partial charge in [0.1, 0.15) is 0 Å². The Kier molecular flexibility index (Phi) is 3.27. The van der Waals surface area contributed by atoms with Crippen LogP contribution in [-0.2, 0) is 4.74 Å². The second-order valence-corrected chi connectivity index (χ2v) is 5.70. The zero-order chi connectivity index (χ0) is 11.0. The van der Waals surface area contributed by atoms with Gasteiger partial charge in [0.05, 0.1) is 11.2 Å². The molecule has 0 aliphatic carbocycles. The maximum absolute atomic E-state index is 6.03. The van der Waals surface area contributed by atoms with Crippen molar-refractivity contribution >= 4 is 0 Å². The Hall–Kier alpha value is -0.0800. The molecule has 84 valence electrons. The molecule has 1 fully saturated rings. The second-order valence-electron chi connectivity index (χ2n) is 5.70. The molecule has 0 spiro atoms. The van der Waals surface area contributed by atoms with Crippen molar-refractivity contribution in [2.45, 2.75) is 77.7 Å². The van der Waals surface area contributed by atoms with E-state index < -0.39 is 0 Å². The van der Waals surface area contributed by atoms with Crippen LogP contribution in [0.4, 0.5) is 0 Å². The first-order valence-corrected chi connectivity index (χ1v) is 5.73. The summed E-state index contributed by atoms with van der Waals surface area (Å²) in [6, 6.07) is 1.06. The van der Waals surface area contributed by atoms with E-state index in [0.29, 0.717) is 12.1 Å². The van der Waals surface area contributed by atoms with E-state index in [9.17, 15) is 0 Å². The van der Waals surface area contributed by atoms with Crippen molar-refractivity contribution in [3.05, 3.63) is 0 Å². The highest BCUT2D eigenvalue weighted by atomic mass is 16.5. The molecule has 2 heteroatoms. The highest BCUT2D eigenvalue weighted by Gasteiger charge is 2.45. The fourth-order valence-electron chi connectivity index (χ4n) is 2.28. The second kappa shape index (κ2) is 3.82. The van der Waals surface area contributed by atoms with Gasteiger partial charge in [-0.3, -0.25) is 0 Å². The first kappa shape index (κ1) is 12.0. The lowest BCUT2D eigenvalue weighted by Gasteiger charge is -2.29. The normalized spacial score (nSPS) is 31.7. The molecule has 0 unspecified atom stereocenters. The van der Waals surface area contributed by atoms with E-state index in [-0.39, 0.29) is 11.2 Å². The van der Waals surface area contributed by atoms with Crippen LogP contribution in [0, 0.1) is 0 Å². The molecular weight excluding hydrogens is 174 g/mol. The van der Waals surface area contributed by atoms with Gasteiger partial charge in [0.2, 0.25) is 0 Å². The number of rotatable bonds is 3. The Labute approximate surface area is 88.4 Å². The van der Waals surface area contributed by atoms with Crippen molar-refractivity contribution < 1.29 is 4.74 Å². The molecule has 2 atom stereocenters. The predicted octanol–water partition coefficient (Wildman–Crippen LogP) is 2.72. The zero-order valence-electron chi connectivity index (χ0n) is 10.5. The van der Waals surface area contributed by atoms with E-state index in [1.165, 1.54) is 6.42 Å². The zero-order valence-corrected chi connectivity index (χ0v) is 10.5. The molecule has 1 N–H and O–H groups in total. The van der Waals surface area contributed by atoms with Crippen molar-refractivity contribution in [1.82, 2.24) is 5.32 Å². The largest absolute Gasteiger partial charge is 0.368 e. The number of hydrogen-bond donors (Lipinski definition) is 1. The molecule has 0 saturated carbocycles. The molecule has 0 amide bonds. The summed E-state index contributed by atoms with van der Waals surface area (Å²) in [6.07, 6.45) is 2.28. The van der Waals surface area contributed by atoms with E-state index in [1.54, 1.807) is 0 Å². The molecule has 1 aliphatic rings. The standard InChI is InChI=1S/C12H25NO/c1-7-9(2)13-10-8-11(3,4)14-12(10,5)6/h9-10,13H,7-8H2,1-6H3/t9-,10-/m0/s1. The average Bonchev–Trinajstić information content (AvgIpc) is 2.19. The Morgan fingerprint density at radius 1 is 1.36 bits per heavy atom. The summed E-state index contributed by atoms with van der Waals surface area (Å²) in [5.41, 5.74) is -0.0123. The van der Waals surface area contributed by atoms with Gasteiger partial charge >= 0.3 is 0 Å². The van der Waals surface area contributed by atoms with Gasteiger partial charge in [-0.2, -0.15) is 0 Å². The molecule has 0 aromatic heterocycles. The molecule has 0 aromatic carbocycles. The topological polar surface area (TPSA) is 21.3 Å². The Balaban J connectivity index is 2.61. The highest BCUT2D eigenvalue weighted by Crippen LogP contribution is 2.37. The van der Waals surface area contributed by atoms with E-state index in [0.717, 1.165) is 6.42 Å². The maximum atomic E-state index is 6.03. The highest BCUT2D eigenvalue weighted by molar-refractivity contribution is 4.99. The lowest BCUT2D eigenvalue weighted by molar-refractivity contribution is -0.0703. The third kappa shape index (κ3) is 2.71. The van der Waals surface area contributed by atoms with Crippen LogP contribution >= 0.6 is 0 Å². The Morgan fingerprint density at radius 2 is 1.93 bits per heavy atom. The molecule has 1 heterocycles. The van der Waals surface area contributed by atoms with Crippen molar-refractivity contribution in [2.24, 2.45) is 0 Å². The van der Waals surface area contributed by atoms with Gasteiger partial charge in [0.25, 0.3) is 0 Å². The van der Waals surface area contributed by atoms with Gasteiger partial charge in [-0.15, -0.1) is 0 Å². The van der Waals surface area contributed by atoms with Crippen molar-refractivity contribution in [3.63, 3.8) is 0 Å². The van der Waals surface area contributed by atoms with Crippen LogP contribution < -0.4 is 5.32 Å². The van der Waals surface area contributed by atoms with Crippen molar-refractivity contribution in [1.29, 1.82) is 0 Å². The lowest BCUT2D eigenvalue weighted by Crippen LogP contribution is -2.46. The summed E-state index contributed by atoms with van der Waals surface area (Å²) in [5.74, 6) is 0. The molecular formula is C12H25NO.